The van der Waals surface area contributed by atoms with Crippen molar-refractivity contribution in [2.75, 3.05) is 13.2 Å². The van der Waals surface area contributed by atoms with E-state index in [1.54, 1.807) is 0 Å². The fraction of sp³-hybridized carbons (Fsp3) is 0.889. The molecule has 0 aliphatic carbocycles. The SMILES string of the molecule is CCCOCCCC(C)(N)C(=O)O. The van der Waals surface area contributed by atoms with Crippen molar-refractivity contribution in [3.05, 3.63) is 0 Å². The summed E-state index contributed by atoms with van der Waals surface area (Å²) in [5.41, 5.74) is 4.40. The first-order valence-corrected chi connectivity index (χ1v) is 4.60. The Labute approximate surface area is 79.1 Å². The van der Waals surface area contributed by atoms with Crippen LogP contribution in [0.5, 0.6) is 0 Å². The number of rotatable bonds is 7. The molecule has 78 valence electrons. The van der Waals surface area contributed by atoms with E-state index in [1.165, 1.54) is 6.92 Å². The highest BCUT2D eigenvalue weighted by atomic mass is 16.5. The van der Waals surface area contributed by atoms with Crippen molar-refractivity contribution in [1.29, 1.82) is 0 Å². The zero-order valence-electron chi connectivity index (χ0n) is 8.38. The van der Waals surface area contributed by atoms with Gasteiger partial charge in [0, 0.05) is 13.2 Å². The minimum Gasteiger partial charge on any atom is -0.480 e. The number of ether oxygens (including phenoxy) is 1. The molecule has 0 aromatic carbocycles. The van der Waals surface area contributed by atoms with Crippen LogP contribution in [0.3, 0.4) is 0 Å². The number of hydrogen-bond acceptors (Lipinski definition) is 3. The van der Waals surface area contributed by atoms with Crippen LogP contribution in [0.2, 0.25) is 0 Å². The largest absolute Gasteiger partial charge is 0.480 e. The van der Waals surface area contributed by atoms with Gasteiger partial charge in [0.1, 0.15) is 5.54 Å². The zero-order valence-corrected chi connectivity index (χ0v) is 8.38. The Morgan fingerprint density at radius 3 is 2.62 bits per heavy atom. The molecule has 0 saturated heterocycles. The fourth-order valence-electron chi connectivity index (χ4n) is 0.895. The Morgan fingerprint density at radius 1 is 1.54 bits per heavy atom. The van der Waals surface area contributed by atoms with E-state index in [-0.39, 0.29) is 0 Å². The predicted octanol–water partition coefficient (Wildman–Crippen LogP) is 0.995. The van der Waals surface area contributed by atoms with Crippen molar-refractivity contribution >= 4 is 5.97 Å². The number of carbonyl (C=O) groups is 1. The monoisotopic (exact) mass is 189 g/mol. The Kier molecular flexibility index (Phi) is 5.66. The van der Waals surface area contributed by atoms with E-state index in [1.807, 2.05) is 6.92 Å². The molecular weight excluding hydrogens is 170 g/mol. The molecule has 1 unspecified atom stereocenters. The summed E-state index contributed by atoms with van der Waals surface area (Å²) >= 11 is 0. The fourth-order valence-corrected chi connectivity index (χ4v) is 0.895. The minimum absolute atomic E-state index is 0.450. The number of aliphatic carboxylic acids is 1. The molecule has 0 spiro atoms. The van der Waals surface area contributed by atoms with Crippen molar-refractivity contribution in [3.63, 3.8) is 0 Å². The minimum atomic E-state index is -1.12. The number of carboxylic acids is 1. The Hall–Kier alpha value is -0.610. The molecule has 1 atom stereocenters. The van der Waals surface area contributed by atoms with Crippen LogP contribution in [-0.4, -0.2) is 29.8 Å². The standard InChI is InChI=1S/C9H19NO3/c1-3-6-13-7-4-5-9(2,10)8(11)12/h3-7,10H2,1-2H3,(H,11,12). The maximum Gasteiger partial charge on any atom is 0.323 e. The van der Waals surface area contributed by atoms with Crippen LogP contribution in [0.25, 0.3) is 0 Å². The van der Waals surface area contributed by atoms with E-state index in [4.69, 9.17) is 15.6 Å². The van der Waals surface area contributed by atoms with Gasteiger partial charge in [0.25, 0.3) is 0 Å². The number of carboxylic acid groups (broad SMARTS) is 1. The van der Waals surface area contributed by atoms with Crippen molar-refractivity contribution in [2.45, 2.75) is 38.6 Å². The smallest absolute Gasteiger partial charge is 0.323 e. The molecular formula is C9H19NO3. The first-order chi connectivity index (χ1) is 6.00. The summed E-state index contributed by atoms with van der Waals surface area (Å²) in [5.74, 6) is -0.956. The quantitative estimate of drug-likeness (QED) is 0.586. The Morgan fingerprint density at radius 2 is 2.15 bits per heavy atom. The van der Waals surface area contributed by atoms with Crippen molar-refractivity contribution in [3.8, 4) is 0 Å². The normalized spacial score (nSPS) is 15.3. The lowest BCUT2D eigenvalue weighted by molar-refractivity contribution is -0.143. The van der Waals surface area contributed by atoms with Gasteiger partial charge in [-0.1, -0.05) is 6.92 Å². The molecule has 0 aliphatic rings. The molecule has 0 saturated carbocycles. The summed E-state index contributed by atoms with van der Waals surface area (Å²) in [6.07, 6.45) is 2.13. The van der Waals surface area contributed by atoms with Crippen LogP contribution >= 0.6 is 0 Å². The maximum absolute atomic E-state index is 10.6. The first kappa shape index (κ1) is 12.4. The molecule has 0 heterocycles. The van der Waals surface area contributed by atoms with Crippen molar-refractivity contribution in [1.82, 2.24) is 0 Å². The third-order valence-corrected chi connectivity index (χ3v) is 1.82. The van der Waals surface area contributed by atoms with Crippen LogP contribution in [0.4, 0.5) is 0 Å². The third-order valence-electron chi connectivity index (χ3n) is 1.82. The highest BCUT2D eigenvalue weighted by Gasteiger charge is 2.26. The third kappa shape index (κ3) is 5.60. The van der Waals surface area contributed by atoms with E-state index < -0.39 is 11.5 Å². The Bertz CT molecular complexity index is 157. The molecule has 0 rings (SSSR count). The summed E-state index contributed by atoms with van der Waals surface area (Å²) in [7, 11) is 0. The van der Waals surface area contributed by atoms with E-state index in [0.717, 1.165) is 13.0 Å². The molecule has 3 N–H and O–H groups in total. The first-order valence-electron chi connectivity index (χ1n) is 4.60. The highest BCUT2D eigenvalue weighted by molar-refractivity contribution is 5.77. The molecule has 0 bridgehead atoms. The Balaban J connectivity index is 3.46. The van der Waals surface area contributed by atoms with Crippen LogP contribution in [0.15, 0.2) is 0 Å². The average molecular weight is 189 g/mol. The van der Waals surface area contributed by atoms with Crippen molar-refractivity contribution in [2.24, 2.45) is 5.73 Å². The highest BCUT2D eigenvalue weighted by Crippen LogP contribution is 2.08. The average Bonchev–Trinajstić information content (AvgIpc) is 2.03. The van der Waals surface area contributed by atoms with Gasteiger partial charge in [-0.3, -0.25) is 4.79 Å². The second-order valence-electron chi connectivity index (χ2n) is 3.44. The van der Waals surface area contributed by atoms with Crippen LogP contribution in [0.1, 0.15) is 33.1 Å². The summed E-state index contributed by atoms with van der Waals surface area (Å²) < 4.78 is 5.21. The molecule has 0 aromatic heterocycles. The van der Waals surface area contributed by atoms with Gasteiger partial charge in [0.05, 0.1) is 0 Å². The molecule has 0 aliphatic heterocycles. The molecule has 0 radical (unpaired) electrons. The van der Waals surface area contributed by atoms with Crippen molar-refractivity contribution < 1.29 is 14.6 Å². The summed E-state index contributed by atoms with van der Waals surface area (Å²) in [4.78, 5) is 10.6. The van der Waals surface area contributed by atoms with Crippen LogP contribution in [-0.2, 0) is 9.53 Å². The van der Waals surface area contributed by atoms with Crippen LogP contribution in [0, 0.1) is 0 Å². The molecule has 0 aromatic rings. The topological polar surface area (TPSA) is 72.5 Å². The van der Waals surface area contributed by atoms with Crippen LogP contribution < -0.4 is 5.73 Å². The molecule has 0 amide bonds. The van der Waals surface area contributed by atoms with Gasteiger partial charge in [0.2, 0.25) is 0 Å². The lowest BCUT2D eigenvalue weighted by Crippen LogP contribution is -2.44. The second kappa shape index (κ2) is 5.94. The lowest BCUT2D eigenvalue weighted by Gasteiger charge is -2.18. The predicted molar refractivity (Wildman–Crippen MR) is 50.6 cm³/mol. The van der Waals surface area contributed by atoms with E-state index in [9.17, 15) is 4.79 Å². The summed E-state index contributed by atoms with van der Waals surface area (Å²) in [6.45, 7) is 4.88. The molecule has 4 nitrogen and oxygen atoms in total. The van der Waals surface area contributed by atoms with Gasteiger partial charge in [0.15, 0.2) is 0 Å². The zero-order chi connectivity index (χ0) is 10.3. The maximum atomic E-state index is 10.6. The van der Waals surface area contributed by atoms with Gasteiger partial charge in [-0.15, -0.1) is 0 Å². The molecule has 4 heteroatoms. The van der Waals surface area contributed by atoms with E-state index in [0.29, 0.717) is 19.4 Å². The number of hydrogen-bond donors (Lipinski definition) is 2. The van der Waals surface area contributed by atoms with Gasteiger partial charge >= 0.3 is 5.97 Å². The van der Waals surface area contributed by atoms with E-state index in [2.05, 4.69) is 0 Å². The van der Waals surface area contributed by atoms with Gasteiger partial charge < -0.3 is 15.6 Å². The summed E-state index contributed by atoms with van der Waals surface area (Å²) in [6, 6.07) is 0. The van der Waals surface area contributed by atoms with Gasteiger partial charge in [-0.25, -0.2) is 0 Å². The second-order valence-corrected chi connectivity index (χ2v) is 3.44. The molecule has 13 heavy (non-hydrogen) atoms. The number of nitrogens with two attached hydrogens (primary N) is 1. The van der Waals surface area contributed by atoms with Gasteiger partial charge in [-0.2, -0.15) is 0 Å². The summed E-state index contributed by atoms with van der Waals surface area (Å²) in [5, 5.41) is 8.68. The van der Waals surface area contributed by atoms with Gasteiger partial charge in [-0.05, 0) is 26.2 Å². The van der Waals surface area contributed by atoms with E-state index >= 15 is 0 Å². The lowest BCUT2D eigenvalue weighted by atomic mass is 9.98. The molecule has 0 fully saturated rings.